The number of rotatable bonds is 5. The van der Waals surface area contributed by atoms with Crippen molar-refractivity contribution in [3.05, 3.63) is 206 Å². The Labute approximate surface area is 314 Å². The molecule has 254 valence electrons. The van der Waals surface area contributed by atoms with E-state index in [1.807, 2.05) is 0 Å². The molecule has 2 heteroatoms. The molecule has 1 unspecified atom stereocenters. The van der Waals surface area contributed by atoms with Gasteiger partial charge in [-0.2, -0.15) is 0 Å². The topological polar surface area (TPSA) is 9.86 Å². The van der Waals surface area contributed by atoms with Crippen LogP contribution in [-0.2, 0) is 0 Å². The van der Waals surface area contributed by atoms with Crippen molar-refractivity contribution in [3.8, 4) is 33.6 Å². The van der Waals surface area contributed by atoms with Gasteiger partial charge in [0.25, 0.3) is 0 Å². The molecule has 0 bridgehead atoms. The third-order valence-electron chi connectivity index (χ3n) is 11.4. The average molecular weight is 689 g/mol. The van der Waals surface area contributed by atoms with E-state index in [2.05, 4.69) is 209 Å². The van der Waals surface area contributed by atoms with E-state index in [-0.39, 0.29) is 0 Å². The van der Waals surface area contributed by atoms with Crippen molar-refractivity contribution in [1.29, 1.82) is 0 Å². The summed E-state index contributed by atoms with van der Waals surface area (Å²) in [6.45, 7) is 0. The van der Waals surface area contributed by atoms with E-state index in [9.17, 15) is 0 Å². The molecule has 0 N–H and O–H groups in total. The molecule has 0 spiro atoms. The molecule has 54 heavy (non-hydrogen) atoms. The first-order chi connectivity index (χ1) is 26.8. The second kappa shape index (κ2) is 12.4. The molecule has 1 aliphatic carbocycles. The van der Waals surface area contributed by atoms with E-state index in [0.29, 0.717) is 5.92 Å². The number of para-hydroxylation sites is 2. The van der Waals surface area contributed by atoms with Gasteiger partial charge in [0, 0.05) is 38.8 Å². The Morgan fingerprint density at radius 3 is 1.67 bits per heavy atom. The third kappa shape index (κ3) is 4.95. The summed E-state index contributed by atoms with van der Waals surface area (Å²) in [6, 6.07) is 65.0. The third-order valence-corrected chi connectivity index (χ3v) is 11.4. The molecular formula is C52H36N2. The van der Waals surface area contributed by atoms with E-state index in [4.69, 9.17) is 0 Å². The van der Waals surface area contributed by atoms with Gasteiger partial charge in [-0.25, -0.2) is 0 Å². The molecule has 0 amide bonds. The van der Waals surface area contributed by atoms with Crippen LogP contribution in [0, 0.1) is 0 Å². The fourth-order valence-electron chi connectivity index (χ4n) is 8.78. The summed E-state index contributed by atoms with van der Waals surface area (Å²) >= 11 is 0. The molecule has 2 aromatic heterocycles. The quantitative estimate of drug-likeness (QED) is 0.170. The van der Waals surface area contributed by atoms with Gasteiger partial charge in [0.2, 0.25) is 0 Å². The van der Waals surface area contributed by atoms with Crippen LogP contribution >= 0.6 is 0 Å². The minimum absolute atomic E-state index is 0.346. The predicted molar refractivity (Wildman–Crippen MR) is 229 cm³/mol. The average Bonchev–Trinajstić information content (AvgIpc) is 3.76. The molecule has 0 saturated heterocycles. The van der Waals surface area contributed by atoms with Crippen LogP contribution in [0.3, 0.4) is 0 Å². The summed E-state index contributed by atoms with van der Waals surface area (Å²) in [5.74, 6) is 0.346. The van der Waals surface area contributed by atoms with Crippen LogP contribution in [0.2, 0.25) is 0 Å². The van der Waals surface area contributed by atoms with Crippen molar-refractivity contribution in [2.24, 2.45) is 0 Å². The van der Waals surface area contributed by atoms with Gasteiger partial charge in [0.05, 0.1) is 22.1 Å². The number of allylic oxidation sites excluding steroid dienone is 4. The molecule has 2 heterocycles. The zero-order valence-corrected chi connectivity index (χ0v) is 29.7. The van der Waals surface area contributed by atoms with E-state index < -0.39 is 0 Å². The number of hydrogen-bond donors (Lipinski definition) is 0. The van der Waals surface area contributed by atoms with Gasteiger partial charge in [-0.3, -0.25) is 0 Å². The zero-order chi connectivity index (χ0) is 35.6. The summed E-state index contributed by atoms with van der Waals surface area (Å²) in [5, 5.41) is 7.54. The molecule has 2 nitrogen and oxygen atoms in total. The maximum atomic E-state index is 2.47. The predicted octanol–water partition coefficient (Wildman–Crippen LogP) is 14.0. The summed E-state index contributed by atoms with van der Waals surface area (Å²) in [5.41, 5.74) is 13.5. The van der Waals surface area contributed by atoms with E-state index in [1.165, 1.54) is 93.6 Å². The Balaban J connectivity index is 1.08. The van der Waals surface area contributed by atoms with Gasteiger partial charge in [-0.15, -0.1) is 0 Å². The Bertz CT molecular complexity index is 3130. The molecule has 11 rings (SSSR count). The lowest BCUT2D eigenvalue weighted by atomic mass is 9.89. The molecule has 0 fully saturated rings. The van der Waals surface area contributed by atoms with Crippen molar-refractivity contribution in [1.82, 2.24) is 9.13 Å². The van der Waals surface area contributed by atoms with Gasteiger partial charge in [0.1, 0.15) is 0 Å². The van der Waals surface area contributed by atoms with Crippen molar-refractivity contribution in [2.75, 3.05) is 0 Å². The standard InChI is InChI=1S/C52H36N2/c1-3-13-35(14-4-1)41-29-42(36-15-5-2-6-16-36)32-44(31-41)54-50-22-12-10-20-46(50)48-34-40(25-28-52(48)54)39-24-27-51-47(33-39)45-19-9-11-21-49(45)53(51)43-26-23-37-17-7-8-18-38(37)30-43/h1-15,17-34,36H,16H2. The van der Waals surface area contributed by atoms with Crippen LogP contribution in [0.1, 0.15) is 17.9 Å². The monoisotopic (exact) mass is 688 g/mol. The largest absolute Gasteiger partial charge is 0.309 e. The molecule has 8 aromatic carbocycles. The van der Waals surface area contributed by atoms with Crippen LogP contribution < -0.4 is 0 Å². The highest BCUT2D eigenvalue weighted by atomic mass is 15.0. The maximum absolute atomic E-state index is 2.47. The first-order valence-electron chi connectivity index (χ1n) is 18.9. The Morgan fingerprint density at radius 2 is 0.981 bits per heavy atom. The van der Waals surface area contributed by atoms with E-state index in [1.54, 1.807) is 0 Å². The van der Waals surface area contributed by atoms with Crippen molar-refractivity contribution < 1.29 is 0 Å². The molecule has 1 aliphatic rings. The Hall–Kier alpha value is -6.90. The van der Waals surface area contributed by atoms with Crippen LogP contribution in [0.4, 0.5) is 0 Å². The van der Waals surface area contributed by atoms with Crippen molar-refractivity contribution in [2.45, 2.75) is 12.3 Å². The highest BCUT2D eigenvalue weighted by Crippen LogP contribution is 2.40. The van der Waals surface area contributed by atoms with Gasteiger partial charge in [0.15, 0.2) is 0 Å². The van der Waals surface area contributed by atoms with Crippen molar-refractivity contribution >= 4 is 54.4 Å². The Kier molecular flexibility index (Phi) is 7.03. The summed E-state index contributed by atoms with van der Waals surface area (Å²) in [7, 11) is 0. The number of hydrogen-bond acceptors (Lipinski definition) is 0. The normalized spacial score (nSPS) is 14.3. The molecule has 1 atom stereocenters. The van der Waals surface area contributed by atoms with E-state index in [0.717, 1.165) is 6.42 Å². The minimum Gasteiger partial charge on any atom is -0.309 e. The smallest absolute Gasteiger partial charge is 0.0541 e. The summed E-state index contributed by atoms with van der Waals surface area (Å²) < 4.78 is 4.88. The van der Waals surface area contributed by atoms with Crippen LogP contribution in [0.25, 0.3) is 88.0 Å². The minimum atomic E-state index is 0.346. The first kappa shape index (κ1) is 30.7. The lowest BCUT2D eigenvalue weighted by Crippen LogP contribution is -2.01. The molecule has 0 aliphatic heterocycles. The fraction of sp³-hybridized carbons (Fsp3) is 0.0385. The first-order valence-corrected chi connectivity index (χ1v) is 18.9. The van der Waals surface area contributed by atoms with E-state index >= 15 is 0 Å². The van der Waals surface area contributed by atoms with Crippen LogP contribution in [0.5, 0.6) is 0 Å². The SMILES string of the molecule is C1=CCC(c2cc(-c3ccccc3)cc(-n3c4ccccc4c4cc(-c5ccc6c(c5)c5ccccc5n6-c5ccc6ccccc6c5)ccc43)c2)C=C1. The lowest BCUT2D eigenvalue weighted by molar-refractivity contribution is 0.852. The van der Waals surface area contributed by atoms with Crippen LogP contribution in [0.15, 0.2) is 200 Å². The highest BCUT2D eigenvalue weighted by molar-refractivity contribution is 6.13. The molecule has 0 radical (unpaired) electrons. The van der Waals surface area contributed by atoms with Crippen molar-refractivity contribution in [3.63, 3.8) is 0 Å². The fourth-order valence-corrected chi connectivity index (χ4v) is 8.78. The van der Waals surface area contributed by atoms with Crippen LogP contribution in [-0.4, -0.2) is 9.13 Å². The number of benzene rings is 8. The number of fused-ring (bicyclic) bond motifs is 7. The van der Waals surface area contributed by atoms with Gasteiger partial charge >= 0.3 is 0 Å². The second-order valence-electron chi connectivity index (χ2n) is 14.5. The summed E-state index contributed by atoms with van der Waals surface area (Å²) in [4.78, 5) is 0. The number of aromatic nitrogens is 2. The number of nitrogens with zero attached hydrogens (tertiary/aromatic N) is 2. The molecule has 0 saturated carbocycles. The molecule has 10 aromatic rings. The second-order valence-corrected chi connectivity index (χ2v) is 14.5. The molecular weight excluding hydrogens is 653 g/mol. The van der Waals surface area contributed by atoms with Gasteiger partial charge < -0.3 is 9.13 Å². The highest BCUT2D eigenvalue weighted by Gasteiger charge is 2.18. The lowest BCUT2D eigenvalue weighted by Gasteiger charge is -2.18. The Morgan fingerprint density at radius 1 is 0.370 bits per heavy atom. The zero-order valence-electron chi connectivity index (χ0n) is 29.7. The van der Waals surface area contributed by atoms with Gasteiger partial charge in [-0.05, 0) is 106 Å². The van der Waals surface area contributed by atoms with Gasteiger partial charge in [-0.1, -0.05) is 140 Å². The summed E-state index contributed by atoms with van der Waals surface area (Å²) in [6.07, 6.45) is 9.96. The maximum Gasteiger partial charge on any atom is 0.0541 e.